The first kappa shape index (κ1) is 23.5. The van der Waals surface area contributed by atoms with Crippen molar-refractivity contribution in [3.05, 3.63) is 28.2 Å². The van der Waals surface area contributed by atoms with Crippen molar-refractivity contribution in [2.24, 2.45) is 4.99 Å². The monoisotopic (exact) mass is 559 g/mol. The molecule has 1 aromatic rings. The first-order valence-electron chi connectivity index (χ1n) is 8.28. The Morgan fingerprint density at radius 3 is 2.69 bits per heavy atom. The minimum Gasteiger partial charge on any atom is -0.496 e. The fourth-order valence-corrected chi connectivity index (χ4v) is 4.56. The number of hydrogen-bond acceptors (Lipinski definition) is 4. The van der Waals surface area contributed by atoms with Gasteiger partial charge >= 0.3 is 0 Å². The van der Waals surface area contributed by atoms with E-state index >= 15 is 0 Å². The van der Waals surface area contributed by atoms with Gasteiger partial charge in [0.2, 0.25) is 0 Å². The van der Waals surface area contributed by atoms with Gasteiger partial charge in [0.1, 0.15) is 5.75 Å². The molecular weight excluding hydrogens is 533 g/mol. The lowest BCUT2D eigenvalue weighted by Gasteiger charge is -2.39. The van der Waals surface area contributed by atoms with Crippen molar-refractivity contribution in [2.45, 2.75) is 32.1 Å². The smallest absolute Gasteiger partial charge is 0.194 e. The summed E-state index contributed by atoms with van der Waals surface area (Å²) in [5, 5.41) is 3.27. The van der Waals surface area contributed by atoms with Crippen LogP contribution in [0.3, 0.4) is 0 Å². The largest absolute Gasteiger partial charge is 0.496 e. The zero-order valence-electron chi connectivity index (χ0n) is 15.6. The van der Waals surface area contributed by atoms with E-state index in [4.69, 9.17) is 9.73 Å². The van der Waals surface area contributed by atoms with Crippen molar-refractivity contribution in [1.29, 1.82) is 0 Å². The fourth-order valence-electron chi connectivity index (χ4n) is 2.78. The topological polar surface area (TPSA) is 71.0 Å². The predicted octanol–water partition coefficient (Wildman–Crippen LogP) is 3.05. The van der Waals surface area contributed by atoms with Crippen molar-refractivity contribution in [2.75, 3.05) is 32.5 Å². The molecule has 0 unspecified atom stereocenters. The zero-order valence-corrected chi connectivity index (χ0v) is 20.3. The Kier molecular flexibility index (Phi) is 8.66. The number of benzene rings is 1. The number of ether oxygens (including phenoxy) is 1. The Hall–Kier alpha value is -0.550. The van der Waals surface area contributed by atoms with Crippen LogP contribution < -0.4 is 10.1 Å². The molecule has 26 heavy (non-hydrogen) atoms. The molecule has 1 N–H and O–H groups in total. The van der Waals surface area contributed by atoms with Crippen LogP contribution in [-0.2, 0) is 16.4 Å². The highest BCUT2D eigenvalue weighted by Gasteiger charge is 2.40. The molecule has 0 spiro atoms. The number of halogens is 2. The molecule has 0 aliphatic carbocycles. The number of hydrogen-bond donors (Lipinski definition) is 1. The number of nitrogens with one attached hydrogen (secondary N) is 1. The second kappa shape index (κ2) is 9.59. The van der Waals surface area contributed by atoms with Crippen LogP contribution in [0.4, 0.5) is 0 Å². The van der Waals surface area contributed by atoms with Crippen LogP contribution in [0.25, 0.3) is 0 Å². The highest BCUT2D eigenvalue weighted by molar-refractivity contribution is 14.0. The summed E-state index contributed by atoms with van der Waals surface area (Å²) < 4.78 is 30.0. The average molecular weight is 560 g/mol. The Morgan fingerprint density at radius 1 is 1.42 bits per heavy atom. The summed E-state index contributed by atoms with van der Waals surface area (Å²) in [6, 6.07) is 5.81. The summed E-state index contributed by atoms with van der Waals surface area (Å²) in [4.78, 5) is 6.73. The van der Waals surface area contributed by atoms with Crippen LogP contribution in [0.15, 0.2) is 27.7 Å². The third-order valence-electron chi connectivity index (χ3n) is 4.32. The van der Waals surface area contributed by atoms with Crippen LogP contribution in [0.2, 0.25) is 0 Å². The van der Waals surface area contributed by atoms with E-state index in [0.717, 1.165) is 28.3 Å². The van der Waals surface area contributed by atoms with E-state index in [-0.39, 0.29) is 29.7 Å². The Morgan fingerprint density at radius 2 is 2.12 bits per heavy atom. The van der Waals surface area contributed by atoms with E-state index in [1.54, 1.807) is 21.0 Å². The first-order valence-corrected chi connectivity index (χ1v) is 10.7. The normalized spacial score (nSPS) is 18.8. The lowest BCUT2D eigenvalue weighted by Crippen LogP contribution is -2.57. The van der Waals surface area contributed by atoms with Crippen LogP contribution in [0, 0.1) is 0 Å². The van der Waals surface area contributed by atoms with Crippen molar-refractivity contribution in [3.8, 4) is 5.75 Å². The Balaban J connectivity index is 0.00000338. The van der Waals surface area contributed by atoms with E-state index in [2.05, 4.69) is 21.2 Å². The lowest BCUT2D eigenvalue weighted by atomic mass is 10.2. The molecule has 1 aliphatic rings. The number of aliphatic imine (C=N–C) groups is 1. The summed E-state index contributed by atoms with van der Waals surface area (Å²) in [5.74, 6) is 1.65. The molecule has 0 aromatic heterocycles. The highest BCUT2D eigenvalue weighted by atomic mass is 127. The Bertz CT molecular complexity index is 754. The van der Waals surface area contributed by atoms with Gasteiger partial charge in [0.25, 0.3) is 0 Å². The molecule has 0 saturated carbocycles. The molecule has 0 amide bonds. The molecule has 1 aliphatic heterocycles. The van der Waals surface area contributed by atoms with Gasteiger partial charge in [-0.2, -0.15) is 0 Å². The molecule has 1 heterocycles. The minimum absolute atomic E-state index is 0. The van der Waals surface area contributed by atoms with Crippen molar-refractivity contribution in [3.63, 3.8) is 0 Å². The summed E-state index contributed by atoms with van der Waals surface area (Å²) in [7, 11) is -1.44. The number of sulfone groups is 1. The number of rotatable bonds is 4. The lowest BCUT2D eigenvalue weighted by molar-refractivity contribution is 0.353. The summed E-state index contributed by atoms with van der Waals surface area (Å²) in [6.07, 6.45) is 0. The van der Waals surface area contributed by atoms with Gasteiger partial charge in [-0.05, 0) is 39.0 Å². The van der Waals surface area contributed by atoms with E-state index < -0.39 is 14.6 Å². The van der Waals surface area contributed by atoms with Crippen molar-refractivity contribution < 1.29 is 13.2 Å². The standard InChI is InChI=1S/C17H26BrN3O3S.HI/c1-5-19-16(21-8-9-25(22,23)17(2,3)12-21)20-11-13-10-14(18)6-7-15(13)24-4;/h6-7,10H,5,8-9,11-12H2,1-4H3,(H,19,20);1H. The number of methoxy groups -OCH3 is 1. The van der Waals surface area contributed by atoms with Crippen LogP contribution >= 0.6 is 39.9 Å². The minimum atomic E-state index is -3.08. The van der Waals surface area contributed by atoms with E-state index in [0.29, 0.717) is 19.6 Å². The van der Waals surface area contributed by atoms with Gasteiger partial charge in [-0.15, -0.1) is 24.0 Å². The molecule has 1 fully saturated rings. The predicted molar refractivity (Wildman–Crippen MR) is 120 cm³/mol. The van der Waals surface area contributed by atoms with E-state index in [1.165, 1.54) is 0 Å². The van der Waals surface area contributed by atoms with Gasteiger partial charge in [0.15, 0.2) is 15.8 Å². The van der Waals surface area contributed by atoms with Crippen LogP contribution in [0.1, 0.15) is 26.3 Å². The molecule has 148 valence electrons. The highest BCUT2D eigenvalue weighted by Crippen LogP contribution is 2.25. The molecule has 1 saturated heterocycles. The second-order valence-corrected chi connectivity index (χ2v) is 10.3. The first-order chi connectivity index (χ1) is 11.7. The molecule has 0 bridgehead atoms. The van der Waals surface area contributed by atoms with Gasteiger partial charge in [0.05, 0.1) is 24.2 Å². The van der Waals surface area contributed by atoms with Crippen molar-refractivity contribution in [1.82, 2.24) is 10.2 Å². The van der Waals surface area contributed by atoms with Gasteiger partial charge in [-0.1, -0.05) is 15.9 Å². The van der Waals surface area contributed by atoms with E-state index in [1.807, 2.05) is 30.0 Å². The molecule has 0 atom stereocenters. The van der Waals surface area contributed by atoms with Gasteiger partial charge in [-0.3, -0.25) is 0 Å². The molecule has 2 rings (SSSR count). The maximum atomic E-state index is 12.2. The maximum Gasteiger partial charge on any atom is 0.194 e. The SMILES string of the molecule is CCNC(=NCc1cc(Br)ccc1OC)N1CCS(=O)(=O)C(C)(C)C1.I. The molecule has 9 heteroatoms. The Labute approximate surface area is 181 Å². The third kappa shape index (κ3) is 5.48. The molecule has 6 nitrogen and oxygen atoms in total. The number of nitrogens with zero attached hydrogens (tertiary/aromatic N) is 2. The van der Waals surface area contributed by atoms with Gasteiger partial charge in [-0.25, -0.2) is 13.4 Å². The van der Waals surface area contributed by atoms with Crippen LogP contribution in [0.5, 0.6) is 5.75 Å². The quantitative estimate of drug-likeness (QED) is 0.349. The molecule has 0 radical (unpaired) electrons. The zero-order chi connectivity index (χ0) is 18.7. The average Bonchev–Trinajstić information content (AvgIpc) is 2.54. The maximum absolute atomic E-state index is 12.2. The van der Waals surface area contributed by atoms with Gasteiger partial charge in [0, 0.05) is 29.7 Å². The van der Waals surface area contributed by atoms with Crippen molar-refractivity contribution >= 4 is 55.7 Å². The van der Waals surface area contributed by atoms with Crippen LogP contribution in [-0.4, -0.2) is 56.5 Å². The van der Waals surface area contributed by atoms with E-state index in [9.17, 15) is 8.42 Å². The second-order valence-electron chi connectivity index (χ2n) is 6.63. The number of guanidine groups is 1. The summed E-state index contributed by atoms with van der Waals surface area (Å²) in [5.41, 5.74) is 0.969. The molecule has 1 aromatic carbocycles. The van der Waals surface area contributed by atoms with Gasteiger partial charge < -0.3 is 15.0 Å². The fraction of sp³-hybridized carbons (Fsp3) is 0.588. The molecular formula is C17H27BrIN3O3S. The summed E-state index contributed by atoms with van der Waals surface area (Å²) >= 11 is 3.47. The third-order valence-corrected chi connectivity index (χ3v) is 7.35. The summed E-state index contributed by atoms with van der Waals surface area (Å²) in [6.45, 7) is 7.60.